The van der Waals surface area contributed by atoms with Crippen molar-refractivity contribution in [3.63, 3.8) is 0 Å². The van der Waals surface area contributed by atoms with Gasteiger partial charge in [0.2, 0.25) is 5.89 Å². The van der Waals surface area contributed by atoms with Gasteiger partial charge in [-0.2, -0.15) is 0 Å². The van der Waals surface area contributed by atoms with E-state index in [1.165, 1.54) is 5.56 Å². The summed E-state index contributed by atoms with van der Waals surface area (Å²) < 4.78 is 12.4. The first-order valence-electron chi connectivity index (χ1n) is 11.1. The molecule has 1 unspecified atom stereocenters. The maximum Gasteiger partial charge on any atom is 0.227 e. The summed E-state index contributed by atoms with van der Waals surface area (Å²) in [6, 6.07) is 29.1. The largest absolute Gasteiger partial charge is 0.455 e. The van der Waals surface area contributed by atoms with E-state index in [4.69, 9.17) is 13.8 Å². The molecule has 3 heteroatoms. The van der Waals surface area contributed by atoms with Crippen molar-refractivity contribution in [2.24, 2.45) is 0 Å². The molecule has 0 bridgehead atoms. The number of furan rings is 1. The predicted molar refractivity (Wildman–Crippen MR) is 131 cm³/mol. The number of hydrogen-bond donors (Lipinski definition) is 0. The molecule has 0 N–H and O–H groups in total. The fourth-order valence-corrected chi connectivity index (χ4v) is 4.47. The molecule has 0 aliphatic rings. The van der Waals surface area contributed by atoms with E-state index in [1.807, 2.05) is 24.3 Å². The van der Waals surface area contributed by atoms with Crippen LogP contribution in [0, 0.1) is 0 Å². The molecule has 0 saturated heterocycles. The molecule has 6 aromatic rings. The van der Waals surface area contributed by atoms with Crippen LogP contribution in [-0.2, 0) is 0 Å². The normalized spacial score (nSPS) is 12.7. The van der Waals surface area contributed by atoms with Gasteiger partial charge in [0.05, 0.1) is 0 Å². The number of rotatable bonds is 4. The van der Waals surface area contributed by atoms with E-state index >= 15 is 0 Å². The van der Waals surface area contributed by atoms with Gasteiger partial charge in [-0.25, -0.2) is 4.98 Å². The van der Waals surface area contributed by atoms with Crippen molar-refractivity contribution in [1.29, 1.82) is 0 Å². The number of hydrogen-bond acceptors (Lipinski definition) is 3. The van der Waals surface area contributed by atoms with E-state index in [1.54, 1.807) is 0 Å². The molecule has 0 aliphatic carbocycles. The van der Waals surface area contributed by atoms with Gasteiger partial charge in [-0.1, -0.05) is 74.5 Å². The Morgan fingerprint density at radius 2 is 1.47 bits per heavy atom. The molecule has 2 heterocycles. The number of benzene rings is 4. The van der Waals surface area contributed by atoms with Gasteiger partial charge in [0.1, 0.15) is 16.7 Å². The zero-order valence-corrected chi connectivity index (χ0v) is 18.1. The van der Waals surface area contributed by atoms with E-state index < -0.39 is 0 Å². The fourth-order valence-electron chi connectivity index (χ4n) is 4.47. The molecule has 0 saturated carbocycles. The van der Waals surface area contributed by atoms with Crippen molar-refractivity contribution in [3.05, 3.63) is 90.5 Å². The highest BCUT2D eigenvalue weighted by Gasteiger charge is 2.16. The minimum absolute atomic E-state index is 0.436. The van der Waals surface area contributed by atoms with Gasteiger partial charge >= 0.3 is 0 Å². The Kier molecular flexibility index (Phi) is 4.36. The van der Waals surface area contributed by atoms with Crippen LogP contribution in [0.3, 0.4) is 0 Å². The maximum absolute atomic E-state index is 6.23. The summed E-state index contributed by atoms with van der Waals surface area (Å²) in [6.07, 6.45) is 1.07. The average molecular weight is 418 g/mol. The SMILES string of the molecule is CCC(C)c1cccc2nc(-c3ccc(-c4cccc5c4oc4ccccc45)cc3)oc12. The van der Waals surface area contributed by atoms with Crippen LogP contribution >= 0.6 is 0 Å². The summed E-state index contributed by atoms with van der Waals surface area (Å²) in [6.45, 7) is 4.42. The summed E-state index contributed by atoms with van der Waals surface area (Å²) in [4.78, 5) is 4.76. The molecule has 0 spiro atoms. The van der Waals surface area contributed by atoms with Crippen LogP contribution in [-0.4, -0.2) is 4.98 Å². The molecule has 4 aromatic carbocycles. The molecule has 32 heavy (non-hydrogen) atoms. The lowest BCUT2D eigenvalue weighted by molar-refractivity contribution is 0.606. The predicted octanol–water partition coefficient (Wildman–Crippen LogP) is 8.57. The Morgan fingerprint density at radius 3 is 2.31 bits per heavy atom. The first kappa shape index (κ1) is 18.9. The lowest BCUT2D eigenvalue weighted by atomic mass is 9.98. The van der Waals surface area contributed by atoms with Gasteiger partial charge in [-0.3, -0.25) is 0 Å². The minimum Gasteiger partial charge on any atom is -0.455 e. The Balaban J connectivity index is 1.42. The Labute approximate surface area is 186 Å². The highest BCUT2D eigenvalue weighted by Crippen LogP contribution is 2.37. The Morgan fingerprint density at radius 1 is 0.719 bits per heavy atom. The van der Waals surface area contributed by atoms with Gasteiger partial charge in [0.25, 0.3) is 0 Å². The van der Waals surface area contributed by atoms with Gasteiger partial charge in [0, 0.05) is 21.9 Å². The molecule has 1 atom stereocenters. The molecule has 6 rings (SSSR count). The molecular formula is C29H23NO2. The van der Waals surface area contributed by atoms with E-state index in [0.29, 0.717) is 11.8 Å². The summed E-state index contributed by atoms with van der Waals surface area (Å²) in [5.41, 5.74) is 8.02. The molecule has 0 aliphatic heterocycles. The van der Waals surface area contributed by atoms with Gasteiger partial charge in [0.15, 0.2) is 5.58 Å². The number of fused-ring (bicyclic) bond motifs is 4. The van der Waals surface area contributed by atoms with Crippen molar-refractivity contribution in [2.75, 3.05) is 0 Å². The third kappa shape index (κ3) is 2.93. The van der Waals surface area contributed by atoms with Crippen molar-refractivity contribution >= 4 is 33.0 Å². The second-order valence-electron chi connectivity index (χ2n) is 8.38. The van der Waals surface area contributed by atoms with Crippen molar-refractivity contribution in [2.45, 2.75) is 26.2 Å². The zero-order valence-electron chi connectivity index (χ0n) is 18.1. The molecule has 2 aromatic heterocycles. The average Bonchev–Trinajstić information content (AvgIpc) is 3.45. The third-order valence-electron chi connectivity index (χ3n) is 6.44. The Hall–Kier alpha value is -3.85. The monoisotopic (exact) mass is 417 g/mol. The highest BCUT2D eigenvalue weighted by atomic mass is 16.3. The first-order valence-corrected chi connectivity index (χ1v) is 11.1. The van der Waals surface area contributed by atoms with Crippen LogP contribution in [0.4, 0.5) is 0 Å². The van der Waals surface area contributed by atoms with Crippen LogP contribution < -0.4 is 0 Å². The number of aromatic nitrogens is 1. The van der Waals surface area contributed by atoms with E-state index in [9.17, 15) is 0 Å². The molecule has 0 fully saturated rings. The third-order valence-corrected chi connectivity index (χ3v) is 6.44. The quantitative estimate of drug-likeness (QED) is 0.288. The first-order chi connectivity index (χ1) is 15.7. The standard InChI is InChI=1S/C29H23NO2/c1-3-18(2)21-9-7-12-25-28(21)32-29(30-25)20-16-14-19(15-17-20)22-10-6-11-24-23-8-4-5-13-26(23)31-27(22)24/h4-18H,3H2,1-2H3. The zero-order chi connectivity index (χ0) is 21.7. The van der Waals surface area contributed by atoms with Crippen molar-refractivity contribution < 1.29 is 8.83 Å². The van der Waals surface area contributed by atoms with Crippen LogP contribution in [0.25, 0.3) is 55.6 Å². The summed E-state index contributed by atoms with van der Waals surface area (Å²) >= 11 is 0. The maximum atomic E-state index is 6.23. The lowest BCUT2D eigenvalue weighted by Crippen LogP contribution is -1.91. The van der Waals surface area contributed by atoms with Crippen molar-refractivity contribution in [3.8, 4) is 22.6 Å². The summed E-state index contributed by atoms with van der Waals surface area (Å²) in [7, 11) is 0. The van der Waals surface area contributed by atoms with Crippen molar-refractivity contribution in [1.82, 2.24) is 4.98 Å². The molecule has 0 radical (unpaired) electrons. The number of oxazole rings is 1. The Bertz CT molecular complexity index is 1570. The van der Waals surface area contributed by atoms with Crippen LogP contribution in [0.15, 0.2) is 93.8 Å². The smallest absolute Gasteiger partial charge is 0.227 e. The van der Waals surface area contributed by atoms with Crippen LogP contribution in [0.5, 0.6) is 0 Å². The molecule has 0 amide bonds. The van der Waals surface area contributed by atoms with E-state index in [-0.39, 0.29) is 0 Å². The molecule has 3 nitrogen and oxygen atoms in total. The van der Waals surface area contributed by atoms with Gasteiger partial charge in [-0.15, -0.1) is 0 Å². The van der Waals surface area contributed by atoms with Crippen LogP contribution in [0.2, 0.25) is 0 Å². The number of para-hydroxylation sites is 3. The van der Waals surface area contributed by atoms with Gasteiger partial charge in [-0.05, 0) is 47.7 Å². The van der Waals surface area contributed by atoms with Crippen LogP contribution in [0.1, 0.15) is 31.7 Å². The topological polar surface area (TPSA) is 39.2 Å². The number of nitrogens with zero attached hydrogens (tertiary/aromatic N) is 1. The summed E-state index contributed by atoms with van der Waals surface area (Å²) in [5.74, 6) is 1.09. The molecular weight excluding hydrogens is 394 g/mol. The highest BCUT2D eigenvalue weighted by molar-refractivity contribution is 6.09. The van der Waals surface area contributed by atoms with E-state index in [0.717, 1.165) is 56.1 Å². The summed E-state index contributed by atoms with van der Waals surface area (Å²) in [5, 5.41) is 2.28. The fraction of sp³-hybridized carbons (Fsp3) is 0.138. The molecule has 156 valence electrons. The minimum atomic E-state index is 0.436. The second kappa shape index (κ2) is 7.38. The second-order valence-corrected chi connectivity index (χ2v) is 8.38. The lowest BCUT2D eigenvalue weighted by Gasteiger charge is -2.08. The van der Waals surface area contributed by atoms with Gasteiger partial charge < -0.3 is 8.83 Å². The van der Waals surface area contributed by atoms with E-state index in [2.05, 4.69) is 74.5 Å².